The number of carbonyl (C=O) groups is 1. The van der Waals surface area contributed by atoms with E-state index in [0.29, 0.717) is 0 Å². The summed E-state index contributed by atoms with van der Waals surface area (Å²) >= 11 is 1.48. The van der Waals surface area contributed by atoms with Crippen LogP contribution in [0.15, 0.2) is 17.5 Å². The summed E-state index contributed by atoms with van der Waals surface area (Å²) in [5, 5.41) is 1.90. The van der Waals surface area contributed by atoms with Crippen molar-refractivity contribution in [2.75, 3.05) is 0 Å². The van der Waals surface area contributed by atoms with Gasteiger partial charge in [0.1, 0.15) is 0 Å². The van der Waals surface area contributed by atoms with E-state index in [4.69, 9.17) is 0 Å². The Labute approximate surface area is 65.7 Å². The molecule has 1 rings (SSSR count). The van der Waals surface area contributed by atoms with Gasteiger partial charge in [-0.05, 0) is 18.4 Å². The molecule has 0 unspecified atom stereocenters. The topological polar surface area (TPSA) is 17.1 Å². The summed E-state index contributed by atoms with van der Waals surface area (Å²) in [5.41, 5.74) is 0. The van der Waals surface area contributed by atoms with Gasteiger partial charge in [-0.1, -0.05) is 19.9 Å². The number of thiophene rings is 1. The molecule has 0 aromatic carbocycles. The number of carbonyl (C=O) groups excluding carboxylic acids is 1. The fourth-order valence-corrected chi connectivity index (χ4v) is 1.11. The van der Waals surface area contributed by atoms with Crippen molar-refractivity contribution >= 4 is 17.1 Å². The third-order valence-corrected chi connectivity index (χ3v) is 1.84. The van der Waals surface area contributed by atoms with Gasteiger partial charge in [0.05, 0.1) is 4.88 Å². The molecule has 0 bridgehead atoms. The zero-order chi connectivity index (χ0) is 7.98. The molecule has 0 radical (unpaired) electrons. The van der Waals surface area contributed by atoms with Gasteiger partial charge in [-0.2, -0.15) is 0 Å². The maximum absolute atomic E-state index is 10.5. The lowest BCUT2D eigenvalue weighted by atomic mass is 10.4. The van der Waals surface area contributed by atoms with E-state index in [1.54, 1.807) is 6.92 Å². The summed E-state index contributed by atoms with van der Waals surface area (Å²) < 4.78 is 0. The van der Waals surface area contributed by atoms with Crippen molar-refractivity contribution in [3.63, 3.8) is 0 Å². The monoisotopic (exact) mass is 156 g/mol. The third-order valence-electron chi connectivity index (χ3n) is 0.868. The molecule has 10 heavy (non-hydrogen) atoms. The fraction of sp³-hybridized carbons (Fsp3) is 0.375. The molecule has 1 nitrogen and oxygen atoms in total. The number of Topliss-reactive ketones (excluding diaryl/α,β-unsaturated/α-hetero) is 1. The number of hydrogen-bond acceptors (Lipinski definition) is 2. The maximum Gasteiger partial charge on any atom is 0.169 e. The van der Waals surface area contributed by atoms with Crippen molar-refractivity contribution in [1.82, 2.24) is 0 Å². The second-order valence-corrected chi connectivity index (χ2v) is 2.48. The van der Waals surface area contributed by atoms with Crippen LogP contribution in [-0.2, 0) is 0 Å². The van der Waals surface area contributed by atoms with Crippen molar-refractivity contribution in [3.05, 3.63) is 22.4 Å². The molecule has 0 aliphatic rings. The molecule has 1 aromatic heterocycles. The molecule has 0 spiro atoms. The van der Waals surface area contributed by atoms with E-state index in [2.05, 4.69) is 0 Å². The molecule has 0 N–H and O–H groups in total. The Morgan fingerprint density at radius 1 is 1.50 bits per heavy atom. The van der Waals surface area contributed by atoms with Crippen molar-refractivity contribution in [2.24, 2.45) is 0 Å². The summed E-state index contributed by atoms with van der Waals surface area (Å²) in [7, 11) is 0. The Balaban J connectivity index is 0.000000371. The van der Waals surface area contributed by atoms with Crippen LogP contribution in [0.4, 0.5) is 0 Å². The van der Waals surface area contributed by atoms with Gasteiger partial charge in [0.25, 0.3) is 0 Å². The predicted molar refractivity (Wildman–Crippen MR) is 45.7 cm³/mol. The van der Waals surface area contributed by atoms with E-state index in [1.165, 1.54) is 11.3 Å². The Hall–Kier alpha value is -0.630. The first-order chi connectivity index (χ1) is 4.80. The van der Waals surface area contributed by atoms with Crippen LogP contribution in [0.1, 0.15) is 30.4 Å². The molecule has 0 saturated heterocycles. The van der Waals surface area contributed by atoms with Crippen molar-refractivity contribution in [3.8, 4) is 0 Å². The van der Waals surface area contributed by atoms with Gasteiger partial charge in [-0.15, -0.1) is 11.3 Å². The molecular formula is C8H12OS. The smallest absolute Gasteiger partial charge is 0.169 e. The summed E-state index contributed by atoms with van der Waals surface area (Å²) in [5.74, 6) is 0.153. The molecule has 0 aliphatic heterocycles. The second kappa shape index (κ2) is 5.18. The van der Waals surface area contributed by atoms with E-state index in [1.807, 2.05) is 31.4 Å². The predicted octanol–water partition coefficient (Wildman–Crippen LogP) is 2.98. The molecule has 2 heteroatoms. The molecule has 0 atom stereocenters. The highest BCUT2D eigenvalue weighted by molar-refractivity contribution is 7.12. The average molecular weight is 156 g/mol. The molecule has 0 saturated carbocycles. The minimum absolute atomic E-state index is 0.153. The lowest BCUT2D eigenvalue weighted by Gasteiger charge is -1.79. The van der Waals surface area contributed by atoms with Gasteiger partial charge in [0.15, 0.2) is 5.78 Å². The quantitative estimate of drug-likeness (QED) is 0.571. The van der Waals surface area contributed by atoms with Crippen LogP contribution < -0.4 is 0 Å². The first-order valence-electron chi connectivity index (χ1n) is 3.35. The largest absolute Gasteiger partial charge is 0.294 e. The number of ketones is 1. The van der Waals surface area contributed by atoms with Crippen LogP contribution in [-0.4, -0.2) is 5.78 Å². The molecule has 1 heterocycles. The van der Waals surface area contributed by atoms with Gasteiger partial charge in [-0.3, -0.25) is 4.79 Å². The SMILES string of the molecule is CC.CC(=O)c1cccs1. The minimum Gasteiger partial charge on any atom is -0.294 e. The van der Waals surface area contributed by atoms with Gasteiger partial charge < -0.3 is 0 Å². The molecule has 0 fully saturated rings. The van der Waals surface area contributed by atoms with Crippen LogP contribution in [0.3, 0.4) is 0 Å². The molecule has 0 amide bonds. The summed E-state index contributed by atoms with van der Waals surface area (Å²) in [4.78, 5) is 11.4. The van der Waals surface area contributed by atoms with Crippen LogP contribution in [0, 0.1) is 0 Å². The van der Waals surface area contributed by atoms with Crippen LogP contribution >= 0.6 is 11.3 Å². The van der Waals surface area contributed by atoms with E-state index < -0.39 is 0 Å². The minimum atomic E-state index is 0.153. The van der Waals surface area contributed by atoms with Crippen LogP contribution in [0.2, 0.25) is 0 Å². The van der Waals surface area contributed by atoms with Crippen molar-refractivity contribution in [1.29, 1.82) is 0 Å². The highest BCUT2D eigenvalue weighted by Crippen LogP contribution is 2.07. The molecular weight excluding hydrogens is 144 g/mol. The normalized spacial score (nSPS) is 7.90. The third kappa shape index (κ3) is 2.78. The Morgan fingerprint density at radius 3 is 2.30 bits per heavy atom. The molecule has 0 aliphatic carbocycles. The Kier molecular flexibility index (Phi) is 4.85. The van der Waals surface area contributed by atoms with Gasteiger partial charge in [0, 0.05) is 0 Å². The van der Waals surface area contributed by atoms with Gasteiger partial charge in [-0.25, -0.2) is 0 Å². The Bertz CT molecular complexity index is 177. The van der Waals surface area contributed by atoms with Gasteiger partial charge in [0.2, 0.25) is 0 Å². The molecule has 56 valence electrons. The zero-order valence-corrected chi connectivity index (χ0v) is 7.37. The van der Waals surface area contributed by atoms with E-state index in [9.17, 15) is 4.79 Å². The Morgan fingerprint density at radius 2 is 2.10 bits per heavy atom. The number of rotatable bonds is 1. The summed E-state index contributed by atoms with van der Waals surface area (Å²) in [6.07, 6.45) is 0. The van der Waals surface area contributed by atoms with E-state index in [0.717, 1.165) is 4.88 Å². The first kappa shape index (κ1) is 9.37. The average Bonchev–Trinajstić information content (AvgIpc) is 2.42. The van der Waals surface area contributed by atoms with Crippen LogP contribution in [0.25, 0.3) is 0 Å². The number of hydrogen-bond donors (Lipinski definition) is 0. The van der Waals surface area contributed by atoms with Crippen LogP contribution in [0.5, 0.6) is 0 Å². The zero-order valence-electron chi connectivity index (χ0n) is 6.55. The second-order valence-electron chi connectivity index (χ2n) is 1.53. The highest BCUT2D eigenvalue weighted by Gasteiger charge is 1.95. The standard InChI is InChI=1S/C6H6OS.C2H6/c1-5(7)6-3-2-4-8-6;1-2/h2-4H,1H3;1-2H3. The molecule has 1 aromatic rings. The fourth-order valence-electron chi connectivity index (χ4n) is 0.479. The van der Waals surface area contributed by atoms with E-state index in [-0.39, 0.29) is 5.78 Å². The van der Waals surface area contributed by atoms with E-state index >= 15 is 0 Å². The van der Waals surface area contributed by atoms with Gasteiger partial charge >= 0.3 is 0 Å². The van der Waals surface area contributed by atoms with Crippen molar-refractivity contribution in [2.45, 2.75) is 20.8 Å². The maximum atomic E-state index is 10.5. The first-order valence-corrected chi connectivity index (χ1v) is 4.23. The lowest BCUT2D eigenvalue weighted by molar-refractivity contribution is 0.102. The highest BCUT2D eigenvalue weighted by atomic mass is 32.1. The lowest BCUT2D eigenvalue weighted by Crippen LogP contribution is -1.83. The summed E-state index contributed by atoms with van der Waals surface area (Å²) in [6, 6.07) is 3.70. The van der Waals surface area contributed by atoms with Crippen molar-refractivity contribution < 1.29 is 4.79 Å². The summed E-state index contributed by atoms with van der Waals surface area (Å²) in [6.45, 7) is 5.58.